The monoisotopic (exact) mass is 374 g/mol. The van der Waals surface area contributed by atoms with Crippen LogP contribution in [0.3, 0.4) is 0 Å². The lowest BCUT2D eigenvalue weighted by Crippen LogP contribution is -2.56. The van der Waals surface area contributed by atoms with E-state index in [4.69, 9.17) is 14.2 Å². The maximum Gasteiger partial charge on any atom is 0.322 e. The highest BCUT2D eigenvalue weighted by molar-refractivity contribution is 5.90. The quantitative estimate of drug-likeness (QED) is 0.712. The normalized spacial score (nSPS) is 13.9. The zero-order valence-corrected chi connectivity index (χ0v) is 15.2. The number of hydrogen-bond acceptors (Lipinski definition) is 4. The van der Waals surface area contributed by atoms with E-state index in [2.05, 4.69) is 5.32 Å². The lowest BCUT2D eigenvalue weighted by Gasteiger charge is -2.38. The molecule has 0 radical (unpaired) electrons. The van der Waals surface area contributed by atoms with Gasteiger partial charge in [0.05, 0.1) is 19.2 Å². The lowest BCUT2D eigenvalue weighted by molar-refractivity contribution is -0.0380. The molecule has 0 aliphatic carbocycles. The van der Waals surface area contributed by atoms with Gasteiger partial charge in [0.25, 0.3) is 0 Å². The molecule has 27 heavy (non-hydrogen) atoms. The van der Waals surface area contributed by atoms with Crippen LogP contribution in [0.25, 0.3) is 0 Å². The number of carbonyl (C=O) groups excluding carboxylic acids is 1. The summed E-state index contributed by atoms with van der Waals surface area (Å²) >= 11 is 0. The molecule has 2 amide bonds. The number of hydrogen-bond donors (Lipinski definition) is 1. The maximum atomic E-state index is 13.2. The highest BCUT2D eigenvalue weighted by Gasteiger charge is 2.31. The van der Waals surface area contributed by atoms with E-state index < -0.39 is 0 Å². The van der Waals surface area contributed by atoms with Gasteiger partial charge in [-0.25, -0.2) is 9.18 Å². The van der Waals surface area contributed by atoms with Crippen molar-refractivity contribution >= 4 is 11.7 Å². The van der Waals surface area contributed by atoms with Crippen LogP contribution in [0.15, 0.2) is 48.5 Å². The third-order valence-corrected chi connectivity index (χ3v) is 4.12. The molecule has 1 saturated heterocycles. The average Bonchev–Trinajstić information content (AvgIpc) is 2.61. The summed E-state index contributed by atoms with van der Waals surface area (Å²) < 4.78 is 29.4. The van der Waals surface area contributed by atoms with Gasteiger partial charge in [0.15, 0.2) is 0 Å². The highest BCUT2D eigenvalue weighted by atomic mass is 19.1. The molecule has 0 atom stereocenters. The summed E-state index contributed by atoms with van der Waals surface area (Å²) in [5.74, 6) is 0.628. The Morgan fingerprint density at radius 2 is 1.93 bits per heavy atom. The van der Waals surface area contributed by atoms with Crippen molar-refractivity contribution in [3.05, 3.63) is 54.3 Å². The van der Waals surface area contributed by atoms with Gasteiger partial charge < -0.3 is 24.4 Å². The number of urea groups is 1. The van der Waals surface area contributed by atoms with Crippen LogP contribution in [-0.2, 0) is 9.47 Å². The Labute approximate surface area is 157 Å². The van der Waals surface area contributed by atoms with Crippen LogP contribution in [-0.4, -0.2) is 50.4 Å². The fraction of sp³-hybridized carbons (Fsp3) is 0.350. The van der Waals surface area contributed by atoms with Crippen molar-refractivity contribution in [2.45, 2.75) is 12.5 Å². The van der Waals surface area contributed by atoms with Crippen molar-refractivity contribution in [3.8, 4) is 11.5 Å². The van der Waals surface area contributed by atoms with Gasteiger partial charge in [0.2, 0.25) is 0 Å². The summed E-state index contributed by atoms with van der Waals surface area (Å²) in [5.41, 5.74) is 0.663. The number of likely N-dealkylation sites (tertiary alicyclic amines) is 1. The molecule has 0 aromatic heterocycles. The number of benzene rings is 2. The van der Waals surface area contributed by atoms with Gasteiger partial charge in [0.1, 0.15) is 17.3 Å². The Kier molecular flexibility index (Phi) is 6.62. The summed E-state index contributed by atoms with van der Waals surface area (Å²) in [7, 11) is 1.66. The smallest absolute Gasteiger partial charge is 0.322 e. The minimum atomic E-state index is -0.355. The summed E-state index contributed by atoms with van der Waals surface area (Å²) in [5, 5.41) is 2.84. The van der Waals surface area contributed by atoms with Gasteiger partial charge in [-0.3, -0.25) is 0 Å². The minimum Gasteiger partial charge on any atom is -0.457 e. The van der Waals surface area contributed by atoms with E-state index in [1.54, 1.807) is 48.4 Å². The number of ether oxygens (including phenoxy) is 3. The van der Waals surface area contributed by atoms with Crippen molar-refractivity contribution in [1.29, 1.82) is 0 Å². The van der Waals surface area contributed by atoms with Gasteiger partial charge >= 0.3 is 6.03 Å². The number of rotatable bonds is 8. The summed E-state index contributed by atoms with van der Waals surface area (Å²) in [6.45, 7) is 2.48. The first-order valence-corrected chi connectivity index (χ1v) is 8.84. The molecule has 2 aromatic carbocycles. The van der Waals surface area contributed by atoms with Crippen LogP contribution >= 0.6 is 0 Å². The molecule has 6 nitrogen and oxygen atoms in total. The fourth-order valence-electron chi connectivity index (χ4n) is 2.64. The number of carbonyl (C=O) groups is 1. The largest absolute Gasteiger partial charge is 0.457 e. The number of nitrogens with one attached hydrogen (secondary N) is 1. The van der Waals surface area contributed by atoms with Crippen LogP contribution in [0.2, 0.25) is 0 Å². The predicted molar refractivity (Wildman–Crippen MR) is 99.7 cm³/mol. The molecule has 144 valence electrons. The first-order valence-electron chi connectivity index (χ1n) is 8.84. The predicted octanol–water partition coefficient (Wildman–Crippen LogP) is 3.89. The molecule has 3 rings (SSSR count). The SMILES string of the molecule is COCCCOC1CN(C(=O)Nc2ccc(Oc3cccc(F)c3)cc2)C1. The van der Waals surface area contributed by atoms with Gasteiger partial charge in [-0.05, 0) is 42.8 Å². The van der Waals surface area contributed by atoms with Gasteiger partial charge in [-0.15, -0.1) is 0 Å². The van der Waals surface area contributed by atoms with E-state index in [-0.39, 0.29) is 18.0 Å². The van der Waals surface area contributed by atoms with Gasteiger partial charge in [-0.2, -0.15) is 0 Å². The first-order chi connectivity index (χ1) is 13.1. The van der Waals surface area contributed by atoms with Crippen molar-refractivity contribution < 1.29 is 23.4 Å². The average molecular weight is 374 g/mol. The molecule has 1 aliphatic rings. The second kappa shape index (κ2) is 9.34. The third kappa shape index (κ3) is 5.67. The molecular formula is C20H23FN2O4. The van der Waals surface area contributed by atoms with E-state index in [0.717, 1.165) is 6.42 Å². The van der Waals surface area contributed by atoms with E-state index in [9.17, 15) is 9.18 Å². The zero-order chi connectivity index (χ0) is 19.1. The van der Waals surface area contributed by atoms with Crippen molar-refractivity contribution in [3.63, 3.8) is 0 Å². The highest BCUT2D eigenvalue weighted by Crippen LogP contribution is 2.24. The molecule has 0 spiro atoms. The number of amides is 2. The minimum absolute atomic E-state index is 0.0923. The summed E-state index contributed by atoms with van der Waals surface area (Å²) in [6, 6.07) is 12.7. The topological polar surface area (TPSA) is 60.0 Å². The molecule has 0 saturated carbocycles. The van der Waals surface area contributed by atoms with Crippen LogP contribution in [0.1, 0.15) is 6.42 Å². The number of nitrogens with zero attached hydrogens (tertiary/aromatic N) is 1. The lowest BCUT2D eigenvalue weighted by atomic mass is 10.2. The number of anilines is 1. The third-order valence-electron chi connectivity index (χ3n) is 4.12. The summed E-state index contributed by atoms with van der Waals surface area (Å²) in [4.78, 5) is 13.9. The molecule has 1 heterocycles. The summed E-state index contributed by atoms with van der Waals surface area (Å²) in [6.07, 6.45) is 0.943. The van der Waals surface area contributed by atoms with Gasteiger partial charge in [0, 0.05) is 32.1 Å². The molecular weight excluding hydrogens is 351 g/mol. The molecule has 2 aromatic rings. The van der Waals surface area contributed by atoms with Crippen LogP contribution in [0.4, 0.5) is 14.9 Å². The number of methoxy groups -OCH3 is 1. The first kappa shape index (κ1) is 19.1. The Balaban J connectivity index is 1.41. The Morgan fingerprint density at radius 3 is 2.63 bits per heavy atom. The van der Waals surface area contributed by atoms with E-state index in [0.29, 0.717) is 43.5 Å². The van der Waals surface area contributed by atoms with Crippen molar-refractivity contribution in [2.24, 2.45) is 0 Å². The second-order valence-corrected chi connectivity index (χ2v) is 6.26. The molecule has 0 unspecified atom stereocenters. The Bertz CT molecular complexity index is 748. The van der Waals surface area contributed by atoms with Gasteiger partial charge in [-0.1, -0.05) is 6.07 Å². The van der Waals surface area contributed by atoms with Crippen LogP contribution < -0.4 is 10.1 Å². The Hall–Kier alpha value is -2.64. The van der Waals surface area contributed by atoms with Crippen LogP contribution in [0, 0.1) is 5.82 Å². The fourth-order valence-corrected chi connectivity index (χ4v) is 2.64. The van der Waals surface area contributed by atoms with Crippen LogP contribution in [0.5, 0.6) is 11.5 Å². The van der Waals surface area contributed by atoms with E-state index >= 15 is 0 Å². The molecule has 1 aliphatic heterocycles. The standard InChI is InChI=1S/C20H23FN2O4/c1-25-10-3-11-26-19-13-23(14-19)20(24)22-16-6-8-17(9-7-16)27-18-5-2-4-15(21)12-18/h2,4-9,12,19H,3,10-11,13-14H2,1H3,(H,22,24). The molecule has 1 fully saturated rings. The van der Waals surface area contributed by atoms with Crippen molar-refractivity contribution in [2.75, 3.05) is 38.7 Å². The molecule has 1 N–H and O–H groups in total. The van der Waals surface area contributed by atoms with E-state index in [1.807, 2.05) is 0 Å². The molecule has 0 bridgehead atoms. The maximum absolute atomic E-state index is 13.2. The van der Waals surface area contributed by atoms with Crippen molar-refractivity contribution in [1.82, 2.24) is 4.90 Å². The second-order valence-electron chi connectivity index (χ2n) is 6.26. The van der Waals surface area contributed by atoms with E-state index in [1.165, 1.54) is 12.1 Å². The molecule has 7 heteroatoms. The number of halogens is 1. The Morgan fingerprint density at radius 1 is 1.15 bits per heavy atom. The zero-order valence-electron chi connectivity index (χ0n) is 15.2.